The second-order valence-corrected chi connectivity index (χ2v) is 9.34. The normalized spacial score (nSPS) is 48.3. The van der Waals surface area contributed by atoms with E-state index in [4.69, 9.17) is 10.2 Å². The van der Waals surface area contributed by atoms with Gasteiger partial charge in [0.15, 0.2) is 0 Å². The zero-order valence-electron chi connectivity index (χ0n) is 13.9. The number of aliphatic hydroxyl groups excluding tert-OH is 1. The van der Waals surface area contributed by atoms with Crippen LogP contribution in [-0.4, -0.2) is 22.8 Å². The van der Waals surface area contributed by atoms with E-state index in [0.717, 1.165) is 25.2 Å². The van der Waals surface area contributed by atoms with Crippen LogP contribution in [0.1, 0.15) is 66.2 Å². The highest BCUT2D eigenvalue weighted by Crippen LogP contribution is 2.76. The van der Waals surface area contributed by atoms with Crippen molar-refractivity contribution in [1.29, 1.82) is 0 Å². The average Bonchev–Trinajstić information content (AvgIpc) is 2.07. The number of hydrogen-bond donors (Lipinski definition) is 2. The van der Waals surface area contributed by atoms with Crippen LogP contribution in [-0.2, 0) is 4.79 Å². The lowest BCUT2D eigenvalue weighted by atomic mass is 9.32. The molecule has 0 radical (unpaired) electrons. The van der Waals surface area contributed by atoms with Gasteiger partial charge in [-0.1, -0.05) is 27.7 Å². The molecule has 120 valence electrons. The first-order valence-corrected chi connectivity index (χ1v) is 8.48. The minimum atomic E-state index is -0.569. The first-order valence-electron chi connectivity index (χ1n) is 8.48. The molecule has 6 aliphatic carbocycles. The lowest BCUT2D eigenvalue weighted by Crippen LogP contribution is -2.67. The molecule has 3 heteroatoms. The van der Waals surface area contributed by atoms with Crippen molar-refractivity contribution in [3.05, 3.63) is 0 Å². The van der Waals surface area contributed by atoms with Crippen molar-refractivity contribution in [2.24, 2.45) is 33.5 Å². The third-order valence-electron chi connectivity index (χ3n) is 7.49. The Labute approximate surface area is 128 Å². The lowest BCUT2D eigenvalue weighted by molar-refractivity contribution is -0.245. The first kappa shape index (κ1) is 15.3. The molecule has 2 N–H and O–H groups in total. The number of carboxylic acids is 1. The Balaban J connectivity index is 0.000000126. The molecular formula is C18H30O3. The summed E-state index contributed by atoms with van der Waals surface area (Å²) in [5, 5.41) is 17.8. The maximum atomic E-state index is 10.7. The molecule has 0 aliphatic heterocycles. The van der Waals surface area contributed by atoms with Crippen molar-refractivity contribution < 1.29 is 15.0 Å². The van der Waals surface area contributed by atoms with E-state index in [-0.39, 0.29) is 5.41 Å². The Morgan fingerprint density at radius 1 is 0.905 bits per heavy atom. The number of aliphatic carboxylic acids is 1. The zero-order valence-corrected chi connectivity index (χ0v) is 13.9. The van der Waals surface area contributed by atoms with Gasteiger partial charge in [-0.15, -0.1) is 0 Å². The topological polar surface area (TPSA) is 57.5 Å². The minimum absolute atomic E-state index is 0.274. The van der Waals surface area contributed by atoms with Gasteiger partial charge in [0.05, 0.1) is 5.41 Å². The summed E-state index contributed by atoms with van der Waals surface area (Å²) in [6.45, 7) is 9.44. The largest absolute Gasteiger partial charge is 0.481 e. The number of carbonyl (C=O) groups is 1. The fraction of sp³-hybridized carbons (Fsp3) is 0.944. The second kappa shape index (κ2) is 4.24. The quantitative estimate of drug-likeness (QED) is 0.831. The van der Waals surface area contributed by atoms with Crippen LogP contribution in [0.25, 0.3) is 0 Å². The Bertz CT molecular complexity index is 424. The van der Waals surface area contributed by atoms with Crippen LogP contribution in [0.15, 0.2) is 0 Å². The summed E-state index contributed by atoms with van der Waals surface area (Å²) in [6.07, 6.45) is 6.71. The molecule has 6 saturated carbocycles. The van der Waals surface area contributed by atoms with Gasteiger partial charge in [0.1, 0.15) is 0 Å². The smallest absolute Gasteiger partial charge is 0.309 e. The van der Waals surface area contributed by atoms with Gasteiger partial charge in [-0.2, -0.15) is 0 Å². The number of carboxylic acid groups (broad SMARTS) is 1. The molecule has 21 heavy (non-hydrogen) atoms. The van der Waals surface area contributed by atoms with E-state index >= 15 is 0 Å². The molecule has 0 saturated heterocycles. The van der Waals surface area contributed by atoms with E-state index in [9.17, 15) is 4.79 Å². The van der Waals surface area contributed by atoms with E-state index in [1.807, 2.05) is 0 Å². The SMILES string of the molecule is CC(C)C12CC(C(=O)O)(C1)C2.CC(C)C12CC(CO)(C1)C2. The molecule has 0 aromatic carbocycles. The summed E-state index contributed by atoms with van der Waals surface area (Å²) in [5.41, 5.74) is 1.23. The van der Waals surface area contributed by atoms with Gasteiger partial charge < -0.3 is 10.2 Å². The minimum Gasteiger partial charge on any atom is -0.481 e. The van der Waals surface area contributed by atoms with Crippen molar-refractivity contribution in [3.63, 3.8) is 0 Å². The molecule has 0 amide bonds. The van der Waals surface area contributed by atoms with Gasteiger partial charge >= 0.3 is 5.97 Å². The van der Waals surface area contributed by atoms with Crippen LogP contribution in [0.3, 0.4) is 0 Å². The average molecular weight is 294 g/mol. The molecule has 0 atom stereocenters. The van der Waals surface area contributed by atoms with Crippen LogP contribution in [0.2, 0.25) is 0 Å². The molecular weight excluding hydrogens is 264 g/mol. The highest BCUT2D eigenvalue weighted by molar-refractivity contribution is 5.79. The van der Waals surface area contributed by atoms with Crippen molar-refractivity contribution >= 4 is 5.97 Å². The number of aliphatic hydroxyl groups is 1. The summed E-state index contributed by atoms with van der Waals surface area (Å²) in [7, 11) is 0. The van der Waals surface area contributed by atoms with Crippen molar-refractivity contribution in [2.45, 2.75) is 66.2 Å². The Morgan fingerprint density at radius 3 is 1.57 bits per heavy atom. The fourth-order valence-electron chi connectivity index (χ4n) is 5.57. The molecule has 0 aromatic rings. The van der Waals surface area contributed by atoms with Crippen LogP contribution < -0.4 is 0 Å². The van der Waals surface area contributed by atoms with Crippen molar-refractivity contribution in [3.8, 4) is 0 Å². The molecule has 0 spiro atoms. The lowest BCUT2D eigenvalue weighted by Gasteiger charge is -2.72. The zero-order chi connectivity index (χ0) is 15.7. The van der Waals surface area contributed by atoms with Gasteiger partial charge in [0.25, 0.3) is 0 Å². The summed E-state index contributed by atoms with van der Waals surface area (Å²) < 4.78 is 0. The fourth-order valence-corrected chi connectivity index (χ4v) is 5.57. The van der Waals surface area contributed by atoms with Gasteiger partial charge in [0, 0.05) is 6.61 Å². The van der Waals surface area contributed by atoms with Crippen molar-refractivity contribution in [1.82, 2.24) is 0 Å². The standard InChI is InChI=1S/C9H14O2.C9H16O/c1-6(2)8-3-9(4-8,5-8)7(10)11;1-7(2)9-3-8(4-9,5-9)6-10/h6H,3-5H2,1-2H3,(H,10,11);7,10H,3-6H2,1-2H3. The molecule has 0 aromatic heterocycles. The predicted octanol–water partition coefficient (Wildman–Crippen LogP) is 3.70. The maximum Gasteiger partial charge on any atom is 0.309 e. The van der Waals surface area contributed by atoms with Gasteiger partial charge in [-0.3, -0.25) is 4.79 Å². The van der Waals surface area contributed by atoms with Crippen molar-refractivity contribution in [2.75, 3.05) is 6.61 Å². The summed E-state index contributed by atoms with van der Waals surface area (Å²) in [5.74, 6) is 0.935. The highest BCUT2D eigenvalue weighted by atomic mass is 16.4. The molecule has 6 rings (SSSR count). The Morgan fingerprint density at radius 2 is 1.29 bits per heavy atom. The number of hydrogen-bond acceptors (Lipinski definition) is 2. The molecule has 3 nitrogen and oxygen atoms in total. The van der Waals surface area contributed by atoms with Gasteiger partial charge in [-0.05, 0) is 66.6 Å². The summed E-state index contributed by atoms with van der Waals surface area (Å²) in [4.78, 5) is 10.7. The second-order valence-electron chi connectivity index (χ2n) is 9.34. The predicted molar refractivity (Wildman–Crippen MR) is 81.8 cm³/mol. The Kier molecular flexibility index (Phi) is 3.10. The van der Waals surface area contributed by atoms with Crippen LogP contribution >= 0.6 is 0 Å². The highest BCUT2D eigenvalue weighted by Gasteiger charge is 2.72. The van der Waals surface area contributed by atoms with Gasteiger partial charge in [0.2, 0.25) is 0 Å². The third-order valence-corrected chi connectivity index (χ3v) is 7.49. The van der Waals surface area contributed by atoms with E-state index < -0.39 is 5.97 Å². The van der Waals surface area contributed by atoms with Crippen LogP contribution in [0.4, 0.5) is 0 Å². The first-order chi connectivity index (χ1) is 9.63. The van der Waals surface area contributed by atoms with E-state index in [2.05, 4.69) is 27.7 Å². The van der Waals surface area contributed by atoms with Crippen LogP contribution in [0.5, 0.6) is 0 Å². The number of rotatable bonds is 4. The van der Waals surface area contributed by atoms with E-state index in [0.29, 0.717) is 28.8 Å². The van der Waals surface area contributed by atoms with E-state index in [1.54, 1.807) is 0 Å². The molecule has 6 aliphatic rings. The molecule has 0 heterocycles. The maximum absolute atomic E-state index is 10.7. The molecule has 0 unspecified atom stereocenters. The van der Waals surface area contributed by atoms with Gasteiger partial charge in [-0.25, -0.2) is 0 Å². The Hall–Kier alpha value is -0.570. The monoisotopic (exact) mass is 294 g/mol. The molecule has 4 bridgehead atoms. The summed E-state index contributed by atoms with van der Waals surface area (Å²) >= 11 is 0. The van der Waals surface area contributed by atoms with E-state index in [1.165, 1.54) is 19.3 Å². The summed E-state index contributed by atoms with van der Waals surface area (Å²) in [6, 6.07) is 0. The van der Waals surface area contributed by atoms with Crippen LogP contribution in [0, 0.1) is 33.5 Å². The molecule has 6 fully saturated rings. The third kappa shape index (κ3) is 1.85.